The van der Waals surface area contributed by atoms with Gasteiger partial charge in [-0.1, -0.05) is 19.1 Å². The van der Waals surface area contributed by atoms with Crippen LogP contribution >= 0.6 is 11.3 Å². The number of ether oxygens (including phenoxy) is 2. The predicted octanol–water partition coefficient (Wildman–Crippen LogP) is 3.41. The van der Waals surface area contributed by atoms with Gasteiger partial charge in [-0.3, -0.25) is 4.99 Å². The summed E-state index contributed by atoms with van der Waals surface area (Å²) in [6.07, 6.45) is 0.971. The summed E-state index contributed by atoms with van der Waals surface area (Å²) >= 11 is 1.73. The van der Waals surface area contributed by atoms with Crippen LogP contribution in [0.2, 0.25) is 0 Å². The molecule has 5 nitrogen and oxygen atoms in total. The molecule has 24 heavy (non-hydrogen) atoms. The fourth-order valence-electron chi connectivity index (χ4n) is 2.14. The molecular formula is C18H25N3O2S. The Kier molecular flexibility index (Phi) is 7.42. The Balaban J connectivity index is 1.89. The fourth-order valence-corrected chi connectivity index (χ4v) is 2.79. The molecular weight excluding hydrogens is 322 g/mol. The van der Waals surface area contributed by atoms with Gasteiger partial charge in [0.15, 0.2) is 17.5 Å². The van der Waals surface area contributed by atoms with Crippen molar-refractivity contribution in [1.82, 2.24) is 10.6 Å². The van der Waals surface area contributed by atoms with Crippen molar-refractivity contribution in [1.29, 1.82) is 0 Å². The first-order valence-corrected chi connectivity index (χ1v) is 8.91. The van der Waals surface area contributed by atoms with E-state index < -0.39 is 0 Å². The Morgan fingerprint density at radius 3 is 2.67 bits per heavy atom. The summed E-state index contributed by atoms with van der Waals surface area (Å²) in [5.41, 5.74) is 1.11. The van der Waals surface area contributed by atoms with Crippen molar-refractivity contribution in [3.8, 4) is 11.5 Å². The quantitative estimate of drug-likeness (QED) is 0.568. The molecule has 6 heteroatoms. The van der Waals surface area contributed by atoms with Crippen LogP contribution in [0, 0.1) is 0 Å². The molecule has 0 saturated carbocycles. The van der Waals surface area contributed by atoms with Gasteiger partial charge < -0.3 is 20.1 Å². The van der Waals surface area contributed by atoms with Gasteiger partial charge in [0, 0.05) is 18.5 Å². The number of hydrogen-bond donors (Lipinski definition) is 2. The second-order valence-electron chi connectivity index (χ2n) is 5.19. The zero-order valence-electron chi connectivity index (χ0n) is 14.5. The normalized spacial score (nSPS) is 11.2. The highest BCUT2D eigenvalue weighted by molar-refractivity contribution is 7.09. The van der Waals surface area contributed by atoms with Crippen LogP contribution in [0.3, 0.4) is 0 Å². The van der Waals surface area contributed by atoms with Crippen LogP contribution in [0.5, 0.6) is 11.5 Å². The number of methoxy groups -OCH3 is 1. The number of benzene rings is 1. The second-order valence-corrected chi connectivity index (χ2v) is 6.22. The molecule has 0 aliphatic heterocycles. The largest absolute Gasteiger partial charge is 0.493 e. The summed E-state index contributed by atoms with van der Waals surface area (Å²) in [7, 11) is 3.43. The molecule has 0 saturated heterocycles. The molecule has 1 heterocycles. The lowest BCUT2D eigenvalue weighted by Crippen LogP contribution is -2.36. The third-order valence-corrected chi connectivity index (χ3v) is 4.26. The van der Waals surface area contributed by atoms with Gasteiger partial charge in [0.1, 0.15) is 0 Å². The van der Waals surface area contributed by atoms with E-state index in [0.29, 0.717) is 13.2 Å². The van der Waals surface area contributed by atoms with Gasteiger partial charge >= 0.3 is 0 Å². The van der Waals surface area contributed by atoms with Crippen LogP contribution in [-0.4, -0.2) is 26.7 Å². The van der Waals surface area contributed by atoms with Crippen LogP contribution < -0.4 is 20.1 Å². The Hall–Kier alpha value is -2.21. The lowest BCUT2D eigenvalue weighted by molar-refractivity contribution is 0.294. The minimum Gasteiger partial charge on any atom is -0.493 e. The van der Waals surface area contributed by atoms with E-state index in [-0.39, 0.29) is 0 Å². The molecule has 1 aromatic carbocycles. The van der Waals surface area contributed by atoms with E-state index in [1.165, 1.54) is 4.88 Å². The smallest absolute Gasteiger partial charge is 0.191 e. The SMILES string of the molecule is CCCOc1ccc(CNC(=NC)NCc2cccs2)cc1OC. The molecule has 0 atom stereocenters. The molecule has 0 amide bonds. The molecule has 1 aromatic heterocycles. The monoisotopic (exact) mass is 347 g/mol. The fraction of sp³-hybridized carbons (Fsp3) is 0.389. The first kappa shape index (κ1) is 18.1. The predicted molar refractivity (Wildman–Crippen MR) is 100 cm³/mol. The summed E-state index contributed by atoms with van der Waals surface area (Å²) in [4.78, 5) is 5.52. The van der Waals surface area contributed by atoms with Gasteiger partial charge in [0.05, 0.1) is 20.3 Å². The highest BCUT2D eigenvalue weighted by Gasteiger charge is 2.06. The lowest BCUT2D eigenvalue weighted by Gasteiger charge is -2.14. The van der Waals surface area contributed by atoms with E-state index in [4.69, 9.17) is 9.47 Å². The van der Waals surface area contributed by atoms with Crippen molar-refractivity contribution in [2.24, 2.45) is 4.99 Å². The average molecular weight is 347 g/mol. The van der Waals surface area contributed by atoms with Crippen LogP contribution in [0.1, 0.15) is 23.8 Å². The van der Waals surface area contributed by atoms with Crippen LogP contribution in [-0.2, 0) is 13.1 Å². The van der Waals surface area contributed by atoms with E-state index in [0.717, 1.165) is 36.0 Å². The van der Waals surface area contributed by atoms with Crippen molar-refractivity contribution >= 4 is 17.3 Å². The van der Waals surface area contributed by atoms with Gasteiger partial charge in [-0.15, -0.1) is 11.3 Å². The van der Waals surface area contributed by atoms with E-state index in [2.05, 4.69) is 34.0 Å². The third kappa shape index (κ3) is 5.45. The van der Waals surface area contributed by atoms with Gasteiger partial charge in [0.2, 0.25) is 0 Å². The van der Waals surface area contributed by atoms with Gasteiger partial charge in [0.25, 0.3) is 0 Å². The Morgan fingerprint density at radius 1 is 1.17 bits per heavy atom. The van der Waals surface area contributed by atoms with Crippen molar-refractivity contribution in [3.05, 3.63) is 46.2 Å². The van der Waals surface area contributed by atoms with E-state index >= 15 is 0 Å². The van der Waals surface area contributed by atoms with Crippen LogP contribution in [0.25, 0.3) is 0 Å². The van der Waals surface area contributed by atoms with Gasteiger partial charge in [-0.2, -0.15) is 0 Å². The summed E-state index contributed by atoms with van der Waals surface area (Å²) < 4.78 is 11.1. The number of thiophene rings is 1. The van der Waals surface area contributed by atoms with Gasteiger partial charge in [-0.25, -0.2) is 0 Å². The maximum atomic E-state index is 5.68. The molecule has 0 aliphatic carbocycles. The number of nitrogens with one attached hydrogen (secondary N) is 2. The third-order valence-electron chi connectivity index (χ3n) is 3.38. The number of rotatable bonds is 8. The molecule has 2 N–H and O–H groups in total. The summed E-state index contributed by atoms with van der Waals surface area (Å²) in [5.74, 6) is 2.31. The van der Waals surface area contributed by atoms with Crippen molar-refractivity contribution < 1.29 is 9.47 Å². The summed E-state index contributed by atoms with van der Waals surface area (Å²) in [6, 6.07) is 10.1. The topological polar surface area (TPSA) is 54.9 Å². The summed E-state index contributed by atoms with van der Waals surface area (Å²) in [5, 5.41) is 8.68. The Bertz CT molecular complexity index is 642. The van der Waals surface area contributed by atoms with E-state index in [1.54, 1.807) is 25.5 Å². The molecule has 2 rings (SSSR count). The number of hydrogen-bond acceptors (Lipinski definition) is 4. The van der Waals surface area contributed by atoms with Crippen molar-refractivity contribution in [3.63, 3.8) is 0 Å². The Morgan fingerprint density at radius 2 is 2.00 bits per heavy atom. The van der Waals surface area contributed by atoms with Crippen molar-refractivity contribution in [2.75, 3.05) is 20.8 Å². The standard InChI is InChI=1S/C18H25N3O2S/c1-4-9-23-16-8-7-14(11-17(16)22-3)12-20-18(19-2)21-13-15-6-5-10-24-15/h5-8,10-11H,4,9,12-13H2,1-3H3,(H2,19,20,21). The highest BCUT2D eigenvalue weighted by atomic mass is 32.1. The number of guanidine groups is 1. The molecule has 0 radical (unpaired) electrons. The van der Waals surface area contributed by atoms with Crippen LogP contribution in [0.15, 0.2) is 40.7 Å². The minimum atomic E-state index is 0.661. The molecule has 0 bridgehead atoms. The molecule has 2 aromatic rings. The van der Waals surface area contributed by atoms with E-state index in [9.17, 15) is 0 Å². The number of aliphatic imine (C=N–C) groups is 1. The Labute approximate surface area is 147 Å². The van der Waals surface area contributed by atoms with Gasteiger partial charge in [-0.05, 0) is 35.6 Å². The zero-order valence-corrected chi connectivity index (χ0v) is 15.3. The molecule has 0 spiro atoms. The summed E-state index contributed by atoms with van der Waals surface area (Å²) in [6.45, 7) is 4.20. The lowest BCUT2D eigenvalue weighted by atomic mass is 10.2. The highest BCUT2D eigenvalue weighted by Crippen LogP contribution is 2.28. The maximum Gasteiger partial charge on any atom is 0.191 e. The minimum absolute atomic E-state index is 0.661. The molecule has 0 unspecified atom stereocenters. The molecule has 0 fully saturated rings. The second kappa shape index (κ2) is 9.82. The number of nitrogens with zero attached hydrogens (tertiary/aromatic N) is 1. The van der Waals surface area contributed by atoms with E-state index in [1.807, 2.05) is 24.3 Å². The zero-order chi connectivity index (χ0) is 17.2. The first-order valence-electron chi connectivity index (χ1n) is 8.03. The van der Waals surface area contributed by atoms with Crippen LogP contribution in [0.4, 0.5) is 0 Å². The first-order chi connectivity index (χ1) is 11.8. The molecule has 0 aliphatic rings. The maximum absolute atomic E-state index is 5.68. The average Bonchev–Trinajstić information content (AvgIpc) is 3.14. The molecule has 130 valence electrons. The van der Waals surface area contributed by atoms with Crippen molar-refractivity contribution in [2.45, 2.75) is 26.4 Å².